The molecule has 8 heteroatoms. The van der Waals surface area contributed by atoms with Crippen LogP contribution in [0.1, 0.15) is 0 Å². The average molecular weight is 387 g/mol. The summed E-state index contributed by atoms with van der Waals surface area (Å²) in [6, 6.07) is 4.81. The molecule has 0 aliphatic rings. The summed E-state index contributed by atoms with van der Waals surface area (Å²) in [6.45, 7) is 0. The van der Waals surface area contributed by atoms with E-state index in [9.17, 15) is 9.90 Å². The molecular formula is C13H6BrCl2N3O2. The van der Waals surface area contributed by atoms with Crippen molar-refractivity contribution in [3.05, 3.63) is 49.4 Å². The molecule has 0 unspecified atom stereocenters. The zero-order valence-corrected chi connectivity index (χ0v) is 13.3. The minimum Gasteiger partial charge on any atom is -0.505 e. The molecule has 0 saturated carbocycles. The van der Waals surface area contributed by atoms with Gasteiger partial charge in [0.25, 0.3) is 5.56 Å². The van der Waals surface area contributed by atoms with E-state index in [2.05, 4.69) is 30.9 Å². The molecule has 3 aromatic rings. The summed E-state index contributed by atoms with van der Waals surface area (Å²) >= 11 is 15.4. The highest BCUT2D eigenvalue weighted by atomic mass is 79.9. The van der Waals surface area contributed by atoms with Crippen molar-refractivity contribution in [1.29, 1.82) is 0 Å². The average Bonchev–Trinajstić information content (AvgIpc) is 2.43. The first-order chi connectivity index (χ1) is 9.99. The van der Waals surface area contributed by atoms with E-state index in [1.807, 2.05) is 0 Å². The lowest BCUT2D eigenvalue weighted by atomic mass is 10.1. The van der Waals surface area contributed by atoms with Gasteiger partial charge in [-0.3, -0.25) is 4.79 Å². The minimum atomic E-state index is -0.549. The second-order valence-corrected chi connectivity index (χ2v) is 5.79. The topological polar surface area (TPSA) is 78.9 Å². The van der Waals surface area contributed by atoms with Gasteiger partial charge in [0.2, 0.25) is 0 Å². The number of benzene rings is 1. The Balaban J connectivity index is 2.46. The lowest BCUT2D eigenvalue weighted by Gasteiger charge is -2.09. The number of hydrogen-bond acceptors (Lipinski definition) is 4. The van der Waals surface area contributed by atoms with Crippen molar-refractivity contribution >= 4 is 50.3 Å². The zero-order chi connectivity index (χ0) is 15.1. The number of nitrogens with one attached hydrogen (secondary N) is 1. The highest BCUT2D eigenvalue weighted by Crippen LogP contribution is 2.38. The molecule has 0 aliphatic heterocycles. The Bertz CT molecular complexity index is 907. The zero-order valence-electron chi connectivity index (χ0n) is 10.2. The predicted molar refractivity (Wildman–Crippen MR) is 85.0 cm³/mol. The number of H-pyrrole nitrogens is 1. The maximum Gasteiger partial charge on any atom is 0.261 e. The van der Waals surface area contributed by atoms with Crippen LogP contribution in [0.15, 0.2) is 33.8 Å². The standard InChI is InChI=1S/C13H6BrCl2N3O2/c14-7-4-17-12-10(18-7)11(20)9(13(21)19-12)8-5(15)2-1-3-6(8)16/h1-4H,(H2,17,19,20,21). The van der Waals surface area contributed by atoms with Gasteiger partial charge in [-0.15, -0.1) is 0 Å². The molecule has 2 N–H and O–H groups in total. The van der Waals surface area contributed by atoms with Crippen LogP contribution in [-0.2, 0) is 0 Å². The molecule has 0 fully saturated rings. The number of hydrogen-bond donors (Lipinski definition) is 2. The fourth-order valence-electron chi connectivity index (χ4n) is 1.99. The third-order valence-electron chi connectivity index (χ3n) is 2.88. The molecule has 0 amide bonds. The summed E-state index contributed by atoms with van der Waals surface area (Å²) in [5, 5.41) is 10.9. The Hall–Kier alpha value is -1.63. The molecule has 3 rings (SSSR count). The first-order valence-electron chi connectivity index (χ1n) is 5.71. The summed E-state index contributed by atoms with van der Waals surface area (Å²) in [6.07, 6.45) is 1.42. The van der Waals surface area contributed by atoms with Crippen molar-refractivity contribution in [3.63, 3.8) is 0 Å². The van der Waals surface area contributed by atoms with Crippen LogP contribution in [0.4, 0.5) is 0 Å². The summed E-state index contributed by atoms with van der Waals surface area (Å²) in [7, 11) is 0. The van der Waals surface area contributed by atoms with Crippen molar-refractivity contribution in [1.82, 2.24) is 15.0 Å². The van der Waals surface area contributed by atoms with E-state index < -0.39 is 5.56 Å². The SMILES string of the molecule is O=c1[nH]c2ncc(Br)nc2c(O)c1-c1c(Cl)cccc1Cl. The van der Waals surface area contributed by atoms with Crippen LogP contribution >= 0.6 is 39.1 Å². The predicted octanol–water partition coefficient (Wildman–Crippen LogP) is 3.76. The van der Waals surface area contributed by atoms with Crippen LogP contribution in [0.25, 0.3) is 22.3 Å². The van der Waals surface area contributed by atoms with Gasteiger partial charge in [-0.1, -0.05) is 29.3 Å². The number of halogens is 3. The second-order valence-electron chi connectivity index (χ2n) is 4.16. The number of pyridine rings is 1. The number of aromatic amines is 1. The number of aromatic hydroxyl groups is 1. The minimum absolute atomic E-state index is 0.0366. The monoisotopic (exact) mass is 385 g/mol. The highest BCUT2D eigenvalue weighted by molar-refractivity contribution is 9.10. The Morgan fingerprint density at radius 2 is 1.86 bits per heavy atom. The van der Waals surface area contributed by atoms with E-state index in [1.54, 1.807) is 18.2 Å². The molecule has 0 spiro atoms. The van der Waals surface area contributed by atoms with Gasteiger partial charge in [0.15, 0.2) is 11.4 Å². The van der Waals surface area contributed by atoms with E-state index in [0.29, 0.717) is 4.60 Å². The van der Waals surface area contributed by atoms with E-state index in [0.717, 1.165) is 0 Å². The van der Waals surface area contributed by atoms with Gasteiger partial charge < -0.3 is 10.1 Å². The maximum absolute atomic E-state index is 12.2. The lowest BCUT2D eigenvalue weighted by molar-refractivity contribution is 0.481. The molecule has 5 nitrogen and oxygen atoms in total. The maximum atomic E-state index is 12.2. The number of rotatable bonds is 1. The van der Waals surface area contributed by atoms with Gasteiger partial charge in [-0.05, 0) is 28.1 Å². The van der Waals surface area contributed by atoms with Gasteiger partial charge in [0, 0.05) is 5.56 Å². The van der Waals surface area contributed by atoms with Crippen molar-refractivity contribution in [2.24, 2.45) is 0 Å². The van der Waals surface area contributed by atoms with E-state index in [-0.39, 0.29) is 38.1 Å². The van der Waals surface area contributed by atoms with Gasteiger partial charge >= 0.3 is 0 Å². The Morgan fingerprint density at radius 3 is 2.52 bits per heavy atom. The normalized spacial score (nSPS) is 11.0. The lowest BCUT2D eigenvalue weighted by Crippen LogP contribution is -2.11. The third-order valence-corrected chi connectivity index (χ3v) is 3.89. The van der Waals surface area contributed by atoms with Crippen LogP contribution in [0.5, 0.6) is 5.75 Å². The van der Waals surface area contributed by atoms with Gasteiger partial charge in [0.1, 0.15) is 10.1 Å². The van der Waals surface area contributed by atoms with Crippen molar-refractivity contribution in [2.75, 3.05) is 0 Å². The summed E-state index contributed by atoms with van der Waals surface area (Å²) in [5.74, 6) is -0.322. The number of nitrogens with zero attached hydrogens (tertiary/aromatic N) is 2. The molecule has 2 aromatic heterocycles. The summed E-state index contributed by atoms with van der Waals surface area (Å²) in [4.78, 5) is 22.9. The number of fused-ring (bicyclic) bond motifs is 1. The van der Waals surface area contributed by atoms with Crippen LogP contribution in [0.3, 0.4) is 0 Å². The van der Waals surface area contributed by atoms with Crippen molar-refractivity contribution < 1.29 is 5.11 Å². The van der Waals surface area contributed by atoms with Crippen LogP contribution in [-0.4, -0.2) is 20.1 Å². The molecule has 0 aliphatic carbocycles. The Morgan fingerprint density at radius 1 is 1.19 bits per heavy atom. The van der Waals surface area contributed by atoms with E-state index >= 15 is 0 Å². The highest BCUT2D eigenvalue weighted by Gasteiger charge is 2.20. The second kappa shape index (κ2) is 5.29. The molecule has 1 aromatic carbocycles. The molecule has 0 saturated heterocycles. The molecule has 2 heterocycles. The third kappa shape index (κ3) is 2.39. The molecule has 106 valence electrons. The van der Waals surface area contributed by atoms with Gasteiger partial charge in [0.05, 0.1) is 21.8 Å². The van der Waals surface area contributed by atoms with Crippen molar-refractivity contribution in [3.8, 4) is 16.9 Å². The fourth-order valence-corrected chi connectivity index (χ4v) is 2.85. The fraction of sp³-hybridized carbons (Fsp3) is 0. The quantitative estimate of drug-likeness (QED) is 0.667. The van der Waals surface area contributed by atoms with E-state index in [1.165, 1.54) is 6.20 Å². The van der Waals surface area contributed by atoms with E-state index in [4.69, 9.17) is 23.2 Å². The molecule has 21 heavy (non-hydrogen) atoms. The largest absolute Gasteiger partial charge is 0.505 e. The first kappa shape index (κ1) is 14.3. The van der Waals surface area contributed by atoms with Crippen molar-refractivity contribution in [2.45, 2.75) is 0 Å². The summed E-state index contributed by atoms with van der Waals surface area (Å²) < 4.78 is 0.425. The Labute approximate surface area is 136 Å². The summed E-state index contributed by atoms with van der Waals surface area (Å²) in [5.41, 5.74) is -0.0111. The molecule has 0 bridgehead atoms. The van der Waals surface area contributed by atoms with Crippen LogP contribution in [0, 0.1) is 0 Å². The Kier molecular flexibility index (Phi) is 3.61. The first-order valence-corrected chi connectivity index (χ1v) is 7.26. The van der Waals surface area contributed by atoms with Gasteiger partial charge in [-0.25, -0.2) is 9.97 Å². The smallest absolute Gasteiger partial charge is 0.261 e. The number of aromatic nitrogens is 3. The van der Waals surface area contributed by atoms with Crippen LogP contribution in [0.2, 0.25) is 10.0 Å². The molecular weight excluding hydrogens is 381 g/mol. The molecule has 0 radical (unpaired) electrons. The van der Waals surface area contributed by atoms with Gasteiger partial charge in [-0.2, -0.15) is 0 Å². The van der Waals surface area contributed by atoms with Crippen LogP contribution < -0.4 is 5.56 Å². The molecule has 0 atom stereocenters.